The van der Waals surface area contributed by atoms with Gasteiger partial charge >= 0.3 is 0 Å². The highest BCUT2D eigenvalue weighted by atomic mass is 19.3. The Morgan fingerprint density at radius 1 is 1.33 bits per heavy atom. The first kappa shape index (κ1) is 13.9. The fourth-order valence-electron chi connectivity index (χ4n) is 2.65. The van der Waals surface area contributed by atoms with Crippen LogP contribution in [0.15, 0.2) is 28.8 Å². The molecule has 1 aliphatic carbocycles. The Bertz CT molecular complexity index is 655. The number of nitrogens with zero attached hydrogens (tertiary/aromatic N) is 2. The monoisotopic (exact) mass is 292 g/mol. The summed E-state index contributed by atoms with van der Waals surface area (Å²) in [5, 5.41) is 3.84. The number of aryl methyl sites for hydroxylation is 1. The maximum atomic E-state index is 12.2. The van der Waals surface area contributed by atoms with Crippen molar-refractivity contribution in [3.8, 4) is 0 Å². The molecule has 110 valence electrons. The molecule has 0 fully saturated rings. The van der Waals surface area contributed by atoms with Crippen LogP contribution < -0.4 is 0 Å². The SMILES string of the molecule is O=C(Cc1nc(C2CCc3ccccc3C2)no1)C(F)F. The van der Waals surface area contributed by atoms with Crippen molar-refractivity contribution in [2.75, 3.05) is 0 Å². The van der Waals surface area contributed by atoms with Crippen LogP contribution in [0.4, 0.5) is 8.78 Å². The highest BCUT2D eigenvalue weighted by Gasteiger charge is 2.25. The zero-order chi connectivity index (χ0) is 14.8. The van der Waals surface area contributed by atoms with E-state index in [-0.39, 0.29) is 11.8 Å². The van der Waals surface area contributed by atoms with Gasteiger partial charge in [0, 0.05) is 5.92 Å². The number of alkyl halides is 2. The molecule has 21 heavy (non-hydrogen) atoms. The summed E-state index contributed by atoms with van der Waals surface area (Å²) in [7, 11) is 0. The first-order valence-electron chi connectivity index (χ1n) is 6.83. The Kier molecular flexibility index (Phi) is 3.77. The van der Waals surface area contributed by atoms with E-state index in [4.69, 9.17) is 4.52 Å². The lowest BCUT2D eigenvalue weighted by atomic mass is 9.83. The quantitative estimate of drug-likeness (QED) is 0.869. The average molecular weight is 292 g/mol. The van der Waals surface area contributed by atoms with Gasteiger partial charge < -0.3 is 4.52 Å². The predicted octanol–water partition coefficient (Wildman–Crippen LogP) is 2.72. The van der Waals surface area contributed by atoms with Crippen LogP contribution in [0, 0.1) is 0 Å². The lowest BCUT2D eigenvalue weighted by Crippen LogP contribution is -2.15. The molecule has 1 unspecified atom stereocenters. The molecular weight excluding hydrogens is 278 g/mol. The van der Waals surface area contributed by atoms with Crippen molar-refractivity contribution >= 4 is 5.78 Å². The summed E-state index contributed by atoms with van der Waals surface area (Å²) in [5.74, 6) is -0.617. The summed E-state index contributed by atoms with van der Waals surface area (Å²) in [4.78, 5) is 15.1. The number of ketones is 1. The van der Waals surface area contributed by atoms with E-state index in [1.54, 1.807) is 0 Å². The van der Waals surface area contributed by atoms with Crippen LogP contribution >= 0.6 is 0 Å². The topological polar surface area (TPSA) is 56.0 Å². The van der Waals surface area contributed by atoms with Crippen molar-refractivity contribution in [3.05, 3.63) is 47.1 Å². The molecule has 1 aliphatic rings. The van der Waals surface area contributed by atoms with E-state index in [1.807, 2.05) is 12.1 Å². The molecule has 0 bridgehead atoms. The van der Waals surface area contributed by atoms with Gasteiger partial charge in [0.1, 0.15) is 0 Å². The number of carbonyl (C=O) groups is 1. The lowest BCUT2D eigenvalue weighted by Gasteiger charge is -2.21. The van der Waals surface area contributed by atoms with Crippen molar-refractivity contribution in [1.82, 2.24) is 10.1 Å². The minimum absolute atomic E-state index is 0.0332. The van der Waals surface area contributed by atoms with Crippen molar-refractivity contribution < 1.29 is 18.1 Å². The largest absolute Gasteiger partial charge is 0.339 e. The fourth-order valence-corrected chi connectivity index (χ4v) is 2.65. The van der Waals surface area contributed by atoms with E-state index in [2.05, 4.69) is 22.3 Å². The van der Waals surface area contributed by atoms with Crippen LogP contribution in [0.3, 0.4) is 0 Å². The van der Waals surface area contributed by atoms with E-state index in [0.717, 1.165) is 19.3 Å². The summed E-state index contributed by atoms with van der Waals surface area (Å²) in [6.45, 7) is 0. The van der Waals surface area contributed by atoms with Crippen molar-refractivity contribution in [1.29, 1.82) is 0 Å². The van der Waals surface area contributed by atoms with Gasteiger partial charge in [-0.2, -0.15) is 4.98 Å². The number of rotatable bonds is 4. The molecular formula is C15H14F2N2O2. The first-order chi connectivity index (χ1) is 10.1. The molecule has 6 heteroatoms. The molecule has 0 saturated heterocycles. The Morgan fingerprint density at radius 2 is 2.10 bits per heavy atom. The Labute approximate surface area is 120 Å². The van der Waals surface area contributed by atoms with Crippen LogP contribution in [0.2, 0.25) is 0 Å². The average Bonchev–Trinajstić information content (AvgIpc) is 2.95. The van der Waals surface area contributed by atoms with E-state index in [9.17, 15) is 13.6 Å². The summed E-state index contributed by atoms with van der Waals surface area (Å²) >= 11 is 0. The number of hydrogen-bond donors (Lipinski definition) is 0. The summed E-state index contributed by atoms with van der Waals surface area (Å²) in [5.41, 5.74) is 2.58. The molecule has 0 aliphatic heterocycles. The number of aromatic nitrogens is 2. The maximum Gasteiger partial charge on any atom is 0.296 e. The smallest absolute Gasteiger partial charge is 0.296 e. The lowest BCUT2D eigenvalue weighted by molar-refractivity contribution is -0.129. The molecule has 0 amide bonds. The minimum atomic E-state index is -3.00. The number of fused-ring (bicyclic) bond motifs is 1. The maximum absolute atomic E-state index is 12.2. The van der Waals surface area contributed by atoms with Crippen molar-refractivity contribution in [3.63, 3.8) is 0 Å². The molecule has 0 spiro atoms. The van der Waals surface area contributed by atoms with Gasteiger partial charge in [-0.05, 0) is 30.4 Å². The predicted molar refractivity (Wildman–Crippen MR) is 70.2 cm³/mol. The number of hydrogen-bond acceptors (Lipinski definition) is 4. The van der Waals surface area contributed by atoms with E-state index < -0.39 is 18.6 Å². The van der Waals surface area contributed by atoms with Crippen LogP contribution in [0.5, 0.6) is 0 Å². The van der Waals surface area contributed by atoms with Crippen molar-refractivity contribution in [2.24, 2.45) is 0 Å². The number of carbonyl (C=O) groups excluding carboxylic acids is 1. The van der Waals surface area contributed by atoms with Crippen LogP contribution in [0.1, 0.15) is 35.2 Å². The molecule has 3 rings (SSSR count). The number of benzene rings is 1. The standard InChI is InChI=1S/C15H14F2N2O2/c16-14(17)12(20)8-13-18-15(19-21-13)11-6-5-9-3-1-2-4-10(9)7-11/h1-4,11,14H,5-8H2. The van der Waals surface area contributed by atoms with Gasteiger partial charge in [-0.25, -0.2) is 8.78 Å². The van der Waals surface area contributed by atoms with Crippen molar-refractivity contribution in [2.45, 2.75) is 38.0 Å². The second kappa shape index (κ2) is 5.71. The second-order valence-electron chi connectivity index (χ2n) is 5.20. The minimum Gasteiger partial charge on any atom is -0.339 e. The summed E-state index contributed by atoms with van der Waals surface area (Å²) in [6.07, 6.45) is -0.882. The molecule has 1 atom stereocenters. The van der Waals surface area contributed by atoms with Gasteiger partial charge in [-0.1, -0.05) is 29.4 Å². The molecule has 0 saturated carbocycles. The highest BCUT2D eigenvalue weighted by molar-refractivity contribution is 5.82. The number of halogens is 2. The molecule has 1 heterocycles. The third-order valence-corrected chi connectivity index (χ3v) is 3.76. The second-order valence-corrected chi connectivity index (χ2v) is 5.20. The zero-order valence-corrected chi connectivity index (χ0v) is 11.3. The summed E-state index contributed by atoms with van der Waals surface area (Å²) in [6, 6.07) is 8.18. The van der Waals surface area contributed by atoms with Gasteiger partial charge in [-0.3, -0.25) is 4.79 Å². The van der Waals surface area contributed by atoms with Crippen LogP contribution in [-0.4, -0.2) is 22.3 Å². The van der Waals surface area contributed by atoms with Gasteiger partial charge in [0.15, 0.2) is 5.82 Å². The molecule has 1 aromatic heterocycles. The molecule has 0 N–H and O–H groups in total. The van der Waals surface area contributed by atoms with Gasteiger partial charge in [0.2, 0.25) is 11.7 Å². The first-order valence-corrected chi connectivity index (χ1v) is 6.83. The Morgan fingerprint density at radius 3 is 2.86 bits per heavy atom. The molecule has 4 nitrogen and oxygen atoms in total. The zero-order valence-electron chi connectivity index (χ0n) is 11.3. The van der Waals surface area contributed by atoms with E-state index in [1.165, 1.54) is 11.1 Å². The van der Waals surface area contributed by atoms with Crippen LogP contribution in [0.25, 0.3) is 0 Å². The molecule has 1 aromatic carbocycles. The molecule has 0 radical (unpaired) electrons. The Hall–Kier alpha value is -2.11. The highest BCUT2D eigenvalue weighted by Crippen LogP contribution is 2.31. The Balaban J connectivity index is 1.72. The third-order valence-electron chi connectivity index (χ3n) is 3.76. The summed E-state index contributed by atoms with van der Waals surface area (Å²) < 4.78 is 29.3. The normalized spacial score (nSPS) is 17.8. The van der Waals surface area contributed by atoms with Gasteiger partial charge in [-0.15, -0.1) is 0 Å². The van der Waals surface area contributed by atoms with E-state index >= 15 is 0 Å². The van der Waals surface area contributed by atoms with Crippen LogP contribution in [-0.2, 0) is 24.1 Å². The fraction of sp³-hybridized carbons (Fsp3) is 0.400. The van der Waals surface area contributed by atoms with E-state index in [0.29, 0.717) is 5.82 Å². The van der Waals surface area contributed by atoms with Gasteiger partial charge in [0.25, 0.3) is 6.43 Å². The molecule has 2 aromatic rings. The van der Waals surface area contributed by atoms with Gasteiger partial charge in [0.05, 0.1) is 6.42 Å². The third kappa shape index (κ3) is 2.99. The number of Topliss-reactive ketones (excluding diaryl/α,β-unsaturated/α-hetero) is 1.